The maximum absolute atomic E-state index is 13.3. The van der Waals surface area contributed by atoms with Gasteiger partial charge < -0.3 is 21.1 Å². The molecule has 0 fully saturated rings. The number of nitrogens with one attached hydrogen (secondary N) is 3. The number of rotatable bonds is 15. The lowest BCUT2D eigenvalue weighted by Gasteiger charge is -2.15. The molecule has 0 aromatic heterocycles. The molecule has 27 nitrogen and oxygen atoms in total. The first kappa shape index (κ1) is 92.8. The second-order valence-electron chi connectivity index (χ2n) is 25.8. The second-order valence-corrected chi connectivity index (χ2v) is 31.6. The number of hydrogen-bond donors (Lipinski definition) is 6. The van der Waals surface area contributed by atoms with Gasteiger partial charge in [-0.2, -0.15) is 0 Å². The molecular formula is C90H82N6O21S3. The Hall–Kier alpha value is -14.4. The molecule has 9 amide bonds. The van der Waals surface area contributed by atoms with Gasteiger partial charge in [0.05, 0.1) is 94.0 Å². The van der Waals surface area contributed by atoms with Crippen LogP contribution in [0.1, 0.15) is 95.5 Å². The van der Waals surface area contributed by atoms with Gasteiger partial charge in [0.1, 0.15) is 0 Å². The smallest absolute Gasteiger partial charge is 0.290 e. The van der Waals surface area contributed by atoms with E-state index in [0.717, 1.165) is 31.4 Å². The summed E-state index contributed by atoms with van der Waals surface area (Å²) in [6, 6.07) is 79.9. The number of aryl methyl sites for hydroxylation is 6. The average Bonchev–Trinajstić information content (AvgIpc) is 1.60. The predicted molar refractivity (Wildman–Crippen MR) is 453 cm³/mol. The predicted octanol–water partition coefficient (Wildman–Crippen LogP) is 15.5. The third kappa shape index (κ3) is 23.9. The van der Waals surface area contributed by atoms with Crippen molar-refractivity contribution in [3.63, 3.8) is 0 Å². The Morgan fingerprint density at radius 3 is 0.608 bits per heavy atom. The van der Waals surface area contributed by atoms with Gasteiger partial charge in [0.15, 0.2) is 0 Å². The number of benzene rings is 12. The fraction of sp³-hybridized carbons (Fsp3) is 0.0889. The van der Waals surface area contributed by atoms with Gasteiger partial charge in [-0.15, -0.1) is 0 Å². The molecule has 30 heteroatoms. The van der Waals surface area contributed by atoms with Crippen molar-refractivity contribution in [3.8, 4) is 0 Å². The molecule has 0 bridgehead atoms. The van der Waals surface area contributed by atoms with Crippen LogP contribution >= 0.6 is 0 Å². The lowest BCUT2D eigenvalue weighted by Crippen LogP contribution is -2.29. The molecule has 12 aromatic carbocycles. The van der Waals surface area contributed by atoms with Crippen LogP contribution < -0.4 is 30.7 Å². The Balaban J connectivity index is 0.000000216. The highest BCUT2D eigenvalue weighted by molar-refractivity contribution is 7.92. The number of sulfone groups is 3. The maximum Gasteiger partial charge on any atom is 0.290 e. The van der Waals surface area contributed by atoms with E-state index in [0.29, 0.717) is 75.4 Å². The standard InChI is InChI=1S/C30H20N2O6S.C22H16N2O5S.C14H12N2O4S.3C7H8.2CH4O2.CH2O2/c1-17-3-13-23-25(15-17)29(35)31(27(23)33)19-5-9-21(10-6-19)39(37,38)22-11-7-20(8-12-22)32-28(34)24-14-4-18(2)16-26(24)30(32)36;1-14-2-11-19-20(12-14)22(27)24(21(19)26)16-5-9-18(10-6-16)30(28,29)17-7-3-15(4-8-17)23-13-25;17-9-15-11-1-5-13(6-2-11)21(19,20)14-7-3-12(4-8-14)16-10-18;3*1-7-5-3-2-4-6-7;2*1-3-2;2-1-3/h3-16H,1-2H3;2-13H,1H3,(H,23,25);1-10H,(H,15,17)(H,16,18);3*2-6H,1H3;2*2H,1H3;1H,(H,2,3). The van der Waals surface area contributed by atoms with Gasteiger partial charge in [0, 0.05) is 17.1 Å². The summed E-state index contributed by atoms with van der Waals surface area (Å²) >= 11 is 0. The first-order valence-electron chi connectivity index (χ1n) is 35.8. The van der Waals surface area contributed by atoms with Gasteiger partial charge in [-0.05, 0) is 224 Å². The molecule has 616 valence electrons. The van der Waals surface area contributed by atoms with Crippen molar-refractivity contribution in [1.82, 2.24) is 0 Å². The fourth-order valence-corrected chi connectivity index (χ4v) is 15.3. The number of anilines is 6. The van der Waals surface area contributed by atoms with E-state index < -0.39 is 65.0 Å². The van der Waals surface area contributed by atoms with Crippen LogP contribution in [0.15, 0.2) is 321 Å². The minimum absolute atomic E-state index is 0.0230. The first-order valence-corrected chi connectivity index (χ1v) is 40.3. The van der Waals surface area contributed by atoms with Crippen molar-refractivity contribution in [2.45, 2.75) is 70.9 Å². The highest BCUT2D eigenvalue weighted by Gasteiger charge is 2.40. The Morgan fingerprint density at radius 1 is 0.267 bits per heavy atom. The van der Waals surface area contributed by atoms with Crippen molar-refractivity contribution >= 4 is 125 Å². The van der Waals surface area contributed by atoms with Gasteiger partial charge in [-0.1, -0.05) is 143 Å². The summed E-state index contributed by atoms with van der Waals surface area (Å²) in [4.78, 5) is 126. The minimum atomic E-state index is -3.97. The van der Waals surface area contributed by atoms with Crippen LogP contribution in [0.3, 0.4) is 0 Å². The Bertz CT molecular complexity index is 5670. The van der Waals surface area contributed by atoms with Crippen LogP contribution in [0.2, 0.25) is 0 Å². The van der Waals surface area contributed by atoms with E-state index in [2.05, 4.69) is 82.9 Å². The SMILES string of the molecule is COO.COO.Cc1ccc2c(c1)C(=O)N(c1ccc(S(=O)(=O)c3ccc(N4C(=O)c5ccc(C)cc5C4=O)cc3)cc1)C2=O.Cc1ccc2c(c1)C(=O)N(c1ccc(S(=O)(=O)c3ccc(NC=O)cc3)cc1)C2=O.Cc1ccccc1.Cc1ccccc1.Cc1ccccc1.O=CNc1ccc(S(=O)(=O)c2ccc(NC=O)cc2)cc1.O=CO. The number of nitrogens with zero attached hydrogens (tertiary/aromatic N) is 3. The number of carboxylic acid groups (broad SMARTS) is 1. The summed E-state index contributed by atoms with van der Waals surface area (Å²) in [6.07, 6.45) is 1.54. The number of carbonyl (C=O) groups is 10. The van der Waals surface area contributed by atoms with Crippen molar-refractivity contribution in [1.29, 1.82) is 0 Å². The van der Waals surface area contributed by atoms with Crippen LogP contribution in [-0.4, -0.2) is 116 Å². The summed E-state index contributed by atoms with van der Waals surface area (Å²) in [5, 5.41) is 28.3. The molecule has 120 heavy (non-hydrogen) atoms. The van der Waals surface area contributed by atoms with E-state index in [1.54, 1.807) is 54.6 Å². The largest absolute Gasteiger partial charge is 0.483 e. The maximum atomic E-state index is 13.3. The second kappa shape index (κ2) is 44.1. The third-order valence-electron chi connectivity index (χ3n) is 17.3. The van der Waals surface area contributed by atoms with Gasteiger partial charge in [0.2, 0.25) is 48.7 Å². The lowest BCUT2D eigenvalue weighted by molar-refractivity contribution is -0.215. The number of hydrogen-bond acceptors (Lipinski definition) is 20. The molecule has 12 aromatic rings. The zero-order chi connectivity index (χ0) is 87.9. The summed E-state index contributed by atoms with van der Waals surface area (Å²) in [5.41, 5.74) is 10.7. The fourth-order valence-electron chi connectivity index (χ4n) is 11.5. The van der Waals surface area contributed by atoms with E-state index in [9.17, 15) is 68.4 Å². The summed E-state index contributed by atoms with van der Waals surface area (Å²) in [5.74, 6) is -2.74. The Morgan fingerprint density at radius 2 is 0.442 bits per heavy atom. The third-order valence-corrected chi connectivity index (χ3v) is 22.7. The molecule has 0 unspecified atom stereocenters. The number of fused-ring (bicyclic) bond motifs is 3. The summed E-state index contributed by atoms with van der Waals surface area (Å²) in [7, 11) is -9.04. The molecule has 0 atom stereocenters. The van der Waals surface area contributed by atoms with Crippen LogP contribution in [0, 0.1) is 41.5 Å². The molecular weight excluding hydrogens is 1600 g/mol. The highest BCUT2D eigenvalue weighted by atomic mass is 32.2. The number of carbonyl (C=O) groups excluding carboxylic acids is 9. The number of imide groups is 3. The molecule has 0 spiro atoms. The van der Waals surface area contributed by atoms with Crippen LogP contribution in [0.25, 0.3) is 0 Å². The normalized spacial score (nSPS) is 11.9. The topological polar surface area (TPSA) is 398 Å². The zero-order valence-electron chi connectivity index (χ0n) is 65.8. The molecule has 3 heterocycles. The van der Waals surface area contributed by atoms with Gasteiger partial charge in [-0.25, -0.2) is 49.7 Å². The molecule has 0 saturated carbocycles. The first-order chi connectivity index (χ1) is 57.4. The lowest BCUT2D eigenvalue weighted by atomic mass is 10.1. The Kier molecular flexibility index (Phi) is 34.1. The molecule has 3 aliphatic rings. The van der Waals surface area contributed by atoms with E-state index in [4.69, 9.17) is 20.4 Å². The van der Waals surface area contributed by atoms with Crippen LogP contribution in [-0.2, 0) is 58.5 Å². The van der Waals surface area contributed by atoms with Crippen molar-refractivity contribution in [2.24, 2.45) is 0 Å². The molecule has 6 N–H and O–H groups in total. The van der Waals surface area contributed by atoms with E-state index in [-0.39, 0.29) is 47.2 Å². The van der Waals surface area contributed by atoms with Crippen LogP contribution in [0.5, 0.6) is 0 Å². The molecule has 0 saturated heterocycles. The summed E-state index contributed by atoms with van der Waals surface area (Å²) < 4.78 is 77.1. The van der Waals surface area contributed by atoms with Gasteiger partial charge in [0.25, 0.3) is 41.9 Å². The summed E-state index contributed by atoms with van der Waals surface area (Å²) in [6.45, 7) is 11.5. The van der Waals surface area contributed by atoms with Gasteiger partial charge in [-0.3, -0.25) is 58.5 Å². The van der Waals surface area contributed by atoms with Crippen molar-refractivity contribution in [3.05, 3.63) is 358 Å². The zero-order valence-corrected chi connectivity index (χ0v) is 68.2. The molecule has 15 rings (SSSR count). The van der Waals surface area contributed by atoms with E-state index in [1.807, 2.05) is 75.4 Å². The molecule has 0 aliphatic carbocycles. The number of amides is 9. The minimum Gasteiger partial charge on any atom is -0.483 e. The Labute approximate surface area is 693 Å². The molecule has 3 aliphatic heterocycles. The van der Waals surface area contributed by atoms with E-state index in [1.165, 1.54) is 177 Å². The average molecular weight is 1680 g/mol. The van der Waals surface area contributed by atoms with E-state index >= 15 is 0 Å². The van der Waals surface area contributed by atoms with Crippen molar-refractivity contribution in [2.75, 3.05) is 44.9 Å². The van der Waals surface area contributed by atoms with Crippen molar-refractivity contribution < 1.29 is 98.6 Å². The quantitative estimate of drug-likeness (QED) is 0.0240. The van der Waals surface area contributed by atoms with Crippen LogP contribution in [0.4, 0.5) is 34.1 Å². The molecule has 0 radical (unpaired) electrons. The van der Waals surface area contributed by atoms with Gasteiger partial charge >= 0.3 is 0 Å². The highest BCUT2D eigenvalue weighted by Crippen LogP contribution is 2.36. The monoisotopic (exact) mass is 1680 g/mol.